The molecule has 4 nitrogen and oxygen atoms in total. The van der Waals surface area contributed by atoms with Gasteiger partial charge in [-0.15, -0.1) is 0 Å². The highest BCUT2D eigenvalue weighted by molar-refractivity contribution is 7.85. The standard InChI is InChI=1S/C13H25NO3S/c1-3-18(16)10-13(15)14-8-9-17-12-7-5-4-6-11(12)2/h11-12H,3-10H2,1-2H3,(H,14,15)/t11-,12-,18+/m1/s1. The third kappa shape index (κ3) is 5.96. The van der Waals surface area contributed by atoms with Gasteiger partial charge in [0, 0.05) is 23.1 Å². The quantitative estimate of drug-likeness (QED) is 0.716. The second kappa shape index (κ2) is 8.64. The van der Waals surface area contributed by atoms with Crippen LogP contribution in [-0.2, 0) is 20.3 Å². The van der Waals surface area contributed by atoms with E-state index in [0.29, 0.717) is 30.9 Å². The predicted molar refractivity (Wildman–Crippen MR) is 73.9 cm³/mol. The first-order chi connectivity index (χ1) is 8.63. The summed E-state index contributed by atoms with van der Waals surface area (Å²) in [6.45, 7) is 5.12. The second-order valence-corrected chi connectivity index (χ2v) is 6.64. The zero-order valence-corrected chi connectivity index (χ0v) is 12.3. The summed E-state index contributed by atoms with van der Waals surface area (Å²) < 4.78 is 17.0. The molecule has 0 radical (unpaired) electrons. The van der Waals surface area contributed by atoms with Crippen molar-refractivity contribution in [2.24, 2.45) is 5.92 Å². The van der Waals surface area contributed by atoms with Crippen LogP contribution in [0.2, 0.25) is 0 Å². The summed E-state index contributed by atoms with van der Waals surface area (Å²) >= 11 is 0. The average molecular weight is 275 g/mol. The molecule has 0 spiro atoms. The van der Waals surface area contributed by atoms with Crippen molar-refractivity contribution in [3.05, 3.63) is 0 Å². The van der Waals surface area contributed by atoms with Gasteiger partial charge in [0.05, 0.1) is 12.7 Å². The van der Waals surface area contributed by atoms with E-state index in [-0.39, 0.29) is 11.7 Å². The van der Waals surface area contributed by atoms with E-state index in [1.807, 2.05) is 6.92 Å². The molecule has 3 atom stereocenters. The average Bonchev–Trinajstić information content (AvgIpc) is 2.36. The molecule has 0 aromatic rings. The number of carbonyl (C=O) groups is 1. The van der Waals surface area contributed by atoms with Crippen molar-refractivity contribution in [3.8, 4) is 0 Å². The highest BCUT2D eigenvalue weighted by Gasteiger charge is 2.21. The second-order valence-electron chi connectivity index (χ2n) is 4.89. The van der Waals surface area contributed by atoms with Crippen molar-refractivity contribution in [2.45, 2.75) is 45.6 Å². The minimum atomic E-state index is -1.03. The topological polar surface area (TPSA) is 55.4 Å². The number of rotatable bonds is 7. The smallest absolute Gasteiger partial charge is 0.232 e. The minimum absolute atomic E-state index is 0.107. The van der Waals surface area contributed by atoms with Gasteiger partial charge in [-0.1, -0.05) is 26.7 Å². The van der Waals surface area contributed by atoms with Crippen LogP contribution in [0.5, 0.6) is 0 Å². The van der Waals surface area contributed by atoms with Crippen molar-refractivity contribution < 1.29 is 13.7 Å². The van der Waals surface area contributed by atoms with Gasteiger partial charge in [0.2, 0.25) is 5.91 Å². The van der Waals surface area contributed by atoms with Crippen LogP contribution < -0.4 is 5.32 Å². The van der Waals surface area contributed by atoms with Gasteiger partial charge in [0.15, 0.2) is 0 Å². The predicted octanol–water partition coefficient (Wildman–Crippen LogP) is 1.47. The Kier molecular flexibility index (Phi) is 7.51. The Morgan fingerprint density at radius 3 is 2.78 bits per heavy atom. The van der Waals surface area contributed by atoms with E-state index in [0.717, 1.165) is 6.42 Å². The Balaban J connectivity index is 2.07. The molecule has 1 amide bonds. The minimum Gasteiger partial charge on any atom is -0.376 e. The van der Waals surface area contributed by atoms with E-state index >= 15 is 0 Å². The fourth-order valence-corrected chi connectivity index (χ4v) is 2.83. The van der Waals surface area contributed by atoms with E-state index < -0.39 is 10.8 Å². The summed E-state index contributed by atoms with van der Waals surface area (Å²) in [5.41, 5.74) is 0. The first-order valence-corrected chi connectivity index (χ1v) is 8.35. The Bertz CT molecular complexity index is 283. The molecule has 1 rings (SSSR count). The third-order valence-electron chi connectivity index (χ3n) is 3.40. The lowest BCUT2D eigenvalue weighted by atomic mass is 9.88. The molecule has 1 aliphatic carbocycles. The highest BCUT2D eigenvalue weighted by atomic mass is 32.2. The number of nitrogens with one attached hydrogen (secondary N) is 1. The molecular weight excluding hydrogens is 250 g/mol. The summed E-state index contributed by atoms with van der Waals surface area (Å²) in [5, 5.41) is 2.75. The Labute approximate surface area is 112 Å². The fraction of sp³-hybridized carbons (Fsp3) is 0.923. The maximum atomic E-state index is 11.4. The van der Waals surface area contributed by atoms with Crippen molar-refractivity contribution in [1.29, 1.82) is 0 Å². The summed E-state index contributed by atoms with van der Waals surface area (Å²) in [6, 6.07) is 0. The molecule has 5 heteroatoms. The van der Waals surface area contributed by atoms with Crippen LogP contribution in [0.15, 0.2) is 0 Å². The van der Waals surface area contributed by atoms with E-state index in [9.17, 15) is 9.00 Å². The Hall–Kier alpha value is -0.420. The van der Waals surface area contributed by atoms with Gasteiger partial charge in [-0.2, -0.15) is 0 Å². The van der Waals surface area contributed by atoms with Crippen molar-refractivity contribution >= 4 is 16.7 Å². The SMILES string of the molecule is CC[S@](=O)CC(=O)NCCO[C@@H]1CCCC[C@H]1C. The van der Waals surface area contributed by atoms with Gasteiger partial charge in [0.25, 0.3) is 0 Å². The van der Waals surface area contributed by atoms with E-state index in [1.54, 1.807) is 0 Å². The van der Waals surface area contributed by atoms with Gasteiger partial charge < -0.3 is 10.1 Å². The summed E-state index contributed by atoms with van der Waals surface area (Å²) in [5.74, 6) is 1.12. The lowest BCUT2D eigenvalue weighted by Crippen LogP contribution is -2.34. The number of hydrogen-bond acceptors (Lipinski definition) is 3. The van der Waals surface area contributed by atoms with Crippen LogP contribution in [0.1, 0.15) is 39.5 Å². The van der Waals surface area contributed by atoms with Crippen LogP contribution in [-0.4, -0.2) is 40.9 Å². The van der Waals surface area contributed by atoms with Crippen molar-refractivity contribution in [2.75, 3.05) is 24.7 Å². The van der Waals surface area contributed by atoms with Gasteiger partial charge in [-0.25, -0.2) is 0 Å². The Morgan fingerprint density at radius 1 is 1.39 bits per heavy atom. The molecule has 1 saturated carbocycles. The molecule has 18 heavy (non-hydrogen) atoms. The molecule has 0 aromatic carbocycles. The van der Waals surface area contributed by atoms with Crippen molar-refractivity contribution in [1.82, 2.24) is 5.32 Å². The molecule has 0 heterocycles. The van der Waals surface area contributed by atoms with Crippen molar-refractivity contribution in [3.63, 3.8) is 0 Å². The number of carbonyl (C=O) groups excluding carboxylic acids is 1. The van der Waals surface area contributed by atoms with Crippen LogP contribution in [0.4, 0.5) is 0 Å². The van der Waals surface area contributed by atoms with Gasteiger partial charge in [-0.05, 0) is 18.8 Å². The maximum absolute atomic E-state index is 11.4. The largest absolute Gasteiger partial charge is 0.376 e. The summed E-state index contributed by atoms with van der Waals surface area (Å²) in [6.07, 6.45) is 5.28. The molecular formula is C13H25NO3S. The molecule has 0 aromatic heterocycles. The van der Waals surface area contributed by atoms with Crippen LogP contribution in [0.25, 0.3) is 0 Å². The van der Waals surface area contributed by atoms with Crippen LogP contribution in [0.3, 0.4) is 0 Å². The molecule has 1 aliphatic rings. The molecule has 106 valence electrons. The Morgan fingerprint density at radius 2 is 2.11 bits per heavy atom. The van der Waals surface area contributed by atoms with E-state index in [1.165, 1.54) is 19.3 Å². The number of ether oxygens (including phenoxy) is 1. The third-order valence-corrected chi connectivity index (χ3v) is 4.63. The first-order valence-electron chi connectivity index (χ1n) is 6.86. The van der Waals surface area contributed by atoms with Gasteiger partial charge in [0.1, 0.15) is 5.75 Å². The van der Waals surface area contributed by atoms with Crippen LogP contribution >= 0.6 is 0 Å². The fourth-order valence-electron chi connectivity index (χ4n) is 2.23. The van der Waals surface area contributed by atoms with Crippen LogP contribution in [0, 0.1) is 5.92 Å². The lowest BCUT2D eigenvalue weighted by molar-refractivity contribution is -0.119. The molecule has 0 bridgehead atoms. The normalized spacial score (nSPS) is 25.7. The molecule has 0 unspecified atom stereocenters. The van der Waals surface area contributed by atoms with E-state index in [2.05, 4.69) is 12.2 Å². The summed E-state index contributed by atoms with van der Waals surface area (Å²) in [4.78, 5) is 11.4. The summed E-state index contributed by atoms with van der Waals surface area (Å²) in [7, 11) is -1.03. The van der Waals surface area contributed by atoms with E-state index in [4.69, 9.17) is 4.74 Å². The first kappa shape index (κ1) is 15.6. The zero-order chi connectivity index (χ0) is 13.4. The van der Waals surface area contributed by atoms with Gasteiger partial charge in [-0.3, -0.25) is 9.00 Å². The van der Waals surface area contributed by atoms with Gasteiger partial charge >= 0.3 is 0 Å². The molecule has 0 saturated heterocycles. The number of amides is 1. The monoisotopic (exact) mass is 275 g/mol. The lowest BCUT2D eigenvalue weighted by Gasteiger charge is -2.28. The zero-order valence-electron chi connectivity index (χ0n) is 11.4. The maximum Gasteiger partial charge on any atom is 0.232 e. The molecule has 1 N–H and O–H groups in total. The highest BCUT2D eigenvalue weighted by Crippen LogP contribution is 2.25. The molecule has 0 aliphatic heterocycles. The number of hydrogen-bond donors (Lipinski definition) is 1. The molecule has 1 fully saturated rings.